The molecule has 4 N–H and O–H groups in total. The van der Waals surface area contributed by atoms with Gasteiger partial charge in [-0.3, -0.25) is 4.79 Å². The van der Waals surface area contributed by atoms with Crippen molar-refractivity contribution in [3.63, 3.8) is 0 Å². The van der Waals surface area contributed by atoms with Gasteiger partial charge in [0.1, 0.15) is 23.3 Å². The maximum absolute atomic E-state index is 12.6. The molecule has 1 unspecified atom stereocenters. The molecule has 1 heterocycles. The van der Waals surface area contributed by atoms with Crippen molar-refractivity contribution in [2.75, 3.05) is 6.61 Å². The van der Waals surface area contributed by atoms with Crippen LogP contribution < -0.4 is 10.5 Å². The molecular formula is C20H16F3N3O4. The predicted octanol–water partition coefficient (Wildman–Crippen LogP) is 3.08. The topological polar surface area (TPSA) is 119 Å². The Morgan fingerprint density at radius 1 is 1.03 bits per heavy atom. The normalized spacial score (nSPS) is 12.4. The molecule has 0 saturated carbocycles. The molecule has 10 heteroatoms. The van der Waals surface area contributed by atoms with Gasteiger partial charge in [-0.2, -0.15) is 13.2 Å². The number of hydrogen-bond donors (Lipinski definition) is 3. The molecule has 7 nitrogen and oxygen atoms in total. The molecule has 0 radical (unpaired) electrons. The van der Waals surface area contributed by atoms with E-state index in [1.165, 1.54) is 30.3 Å². The number of aliphatic hydroxyl groups excluding tert-OH is 2. The van der Waals surface area contributed by atoms with E-state index in [0.717, 1.165) is 12.1 Å². The molecule has 30 heavy (non-hydrogen) atoms. The second-order valence-electron chi connectivity index (χ2n) is 6.21. The first-order chi connectivity index (χ1) is 14.2. The minimum Gasteiger partial charge on any atom is -0.457 e. The molecular weight excluding hydrogens is 403 g/mol. The molecule has 0 spiro atoms. The summed E-state index contributed by atoms with van der Waals surface area (Å²) < 4.78 is 43.4. The summed E-state index contributed by atoms with van der Waals surface area (Å²) in [5.41, 5.74) is 4.83. The smallest absolute Gasteiger partial charge is 0.416 e. The van der Waals surface area contributed by atoms with Gasteiger partial charge in [-0.05, 0) is 54.6 Å². The van der Waals surface area contributed by atoms with Gasteiger partial charge >= 0.3 is 6.18 Å². The Labute approximate surface area is 168 Å². The fraction of sp³-hybridized carbons (Fsp3) is 0.150. The third-order valence-electron chi connectivity index (χ3n) is 4.04. The van der Waals surface area contributed by atoms with E-state index >= 15 is 0 Å². The summed E-state index contributed by atoms with van der Waals surface area (Å²) >= 11 is 0. The predicted molar refractivity (Wildman–Crippen MR) is 99.5 cm³/mol. The lowest BCUT2D eigenvalue weighted by atomic mass is 10.1. The van der Waals surface area contributed by atoms with Crippen LogP contribution in [0, 0.1) is 0 Å². The highest BCUT2D eigenvalue weighted by molar-refractivity contribution is 5.91. The zero-order valence-electron chi connectivity index (χ0n) is 15.3. The van der Waals surface area contributed by atoms with E-state index in [4.69, 9.17) is 15.6 Å². The monoisotopic (exact) mass is 419 g/mol. The number of ether oxygens (including phenoxy) is 1. The number of nitrogens with two attached hydrogens (primary N) is 1. The zero-order chi connectivity index (χ0) is 21.9. The number of carbonyl (C=O) groups is 1. The average molecular weight is 419 g/mol. The highest BCUT2D eigenvalue weighted by atomic mass is 19.4. The molecule has 3 aromatic rings. The van der Waals surface area contributed by atoms with E-state index in [0.29, 0.717) is 11.3 Å². The lowest BCUT2D eigenvalue weighted by Crippen LogP contribution is -2.16. The maximum Gasteiger partial charge on any atom is 0.416 e. The van der Waals surface area contributed by atoms with Gasteiger partial charge in [-0.25, -0.2) is 9.97 Å². The quantitative estimate of drug-likeness (QED) is 0.565. The first kappa shape index (κ1) is 21.2. The number of aromatic nitrogens is 2. The van der Waals surface area contributed by atoms with Crippen molar-refractivity contribution in [3.05, 3.63) is 71.5 Å². The Bertz CT molecular complexity index is 1040. The number of carbonyl (C=O) groups excluding carboxylic acids is 1. The highest BCUT2D eigenvalue weighted by Crippen LogP contribution is 2.31. The van der Waals surface area contributed by atoms with Crippen molar-refractivity contribution >= 4 is 5.91 Å². The van der Waals surface area contributed by atoms with E-state index in [-0.39, 0.29) is 23.0 Å². The summed E-state index contributed by atoms with van der Waals surface area (Å²) in [4.78, 5) is 19.7. The van der Waals surface area contributed by atoms with Gasteiger partial charge in [0.05, 0.1) is 17.9 Å². The first-order valence-electron chi connectivity index (χ1n) is 8.60. The van der Waals surface area contributed by atoms with Gasteiger partial charge in [0, 0.05) is 5.56 Å². The lowest BCUT2D eigenvalue weighted by Gasteiger charge is -2.11. The number of nitrogens with zero attached hydrogens (tertiary/aromatic N) is 2. The van der Waals surface area contributed by atoms with Gasteiger partial charge in [-0.1, -0.05) is 0 Å². The van der Waals surface area contributed by atoms with E-state index in [1.807, 2.05) is 0 Å². The van der Waals surface area contributed by atoms with Crippen LogP contribution in [0.5, 0.6) is 11.5 Å². The van der Waals surface area contributed by atoms with E-state index in [1.54, 1.807) is 12.1 Å². The maximum atomic E-state index is 12.6. The van der Waals surface area contributed by atoms with Crippen LogP contribution in [0.25, 0.3) is 11.4 Å². The van der Waals surface area contributed by atoms with Gasteiger partial charge in [0.25, 0.3) is 5.91 Å². The van der Waals surface area contributed by atoms with Gasteiger partial charge in [-0.15, -0.1) is 0 Å². The fourth-order valence-corrected chi connectivity index (χ4v) is 2.51. The van der Waals surface area contributed by atoms with Gasteiger partial charge < -0.3 is 20.7 Å². The van der Waals surface area contributed by atoms with Crippen LogP contribution in [0.1, 0.15) is 27.8 Å². The van der Waals surface area contributed by atoms with Crippen molar-refractivity contribution in [2.45, 2.75) is 12.3 Å². The molecule has 156 valence electrons. The van der Waals surface area contributed by atoms with E-state index < -0.39 is 30.4 Å². The number of hydrogen-bond acceptors (Lipinski definition) is 6. The van der Waals surface area contributed by atoms with Crippen molar-refractivity contribution < 1.29 is 32.9 Å². The lowest BCUT2D eigenvalue weighted by molar-refractivity contribution is -0.137. The van der Waals surface area contributed by atoms with Crippen molar-refractivity contribution in [1.29, 1.82) is 0 Å². The molecule has 0 saturated heterocycles. The number of alkyl halides is 3. The minimum absolute atomic E-state index is 0.0291. The van der Waals surface area contributed by atoms with Gasteiger partial charge in [0.15, 0.2) is 5.82 Å². The number of rotatable bonds is 6. The summed E-state index contributed by atoms with van der Waals surface area (Å²) in [7, 11) is 0. The molecule has 0 aliphatic heterocycles. The standard InChI is InChI=1S/C20H16F3N3O4/c21-20(22,23)12-3-7-14(8-4-12)30-13-5-1-11(2-6-13)19-25-15(17(28)10-27)9-16(26-19)18(24)29/h1-9,17,27-28H,10H2,(H2,24,29). The molecule has 0 fully saturated rings. The molecule has 1 amide bonds. The largest absolute Gasteiger partial charge is 0.457 e. The molecule has 3 rings (SSSR count). The molecule has 0 aliphatic rings. The number of amides is 1. The number of aliphatic hydroxyl groups is 2. The Hall–Kier alpha value is -3.50. The first-order valence-corrected chi connectivity index (χ1v) is 8.60. The Balaban J connectivity index is 1.83. The van der Waals surface area contributed by atoms with Crippen molar-refractivity contribution in [1.82, 2.24) is 9.97 Å². The van der Waals surface area contributed by atoms with Crippen LogP contribution in [0.3, 0.4) is 0 Å². The van der Waals surface area contributed by atoms with Gasteiger partial charge in [0.2, 0.25) is 0 Å². The summed E-state index contributed by atoms with van der Waals surface area (Å²) in [6, 6.07) is 11.6. The average Bonchev–Trinajstić information content (AvgIpc) is 2.73. The Kier molecular flexibility index (Phi) is 5.99. The highest BCUT2D eigenvalue weighted by Gasteiger charge is 2.30. The molecule has 1 atom stereocenters. The number of benzene rings is 2. The zero-order valence-corrected chi connectivity index (χ0v) is 15.3. The summed E-state index contributed by atoms with van der Waals surface area (Å²) in [5, 5.41) is 18.9. The number of halogens is 3. The van der Waals surface area contributed by atoms with E-state index in [9.17, 15) is 23.1 Å². The summed E-state index contributed by atoms with van der Waals surface area (Å²) in [6.45, 7) is -0.603. The summed E-state index contributed by atoms with van der Waals surface area (Å²) in [5.74, 6) is -0.168. The Morgan fingerprint density at radius 3 is 2.10 bits per heavy atom. The number of primary amides is 1. The third-order valence-corrected chi connectivity index (χ3v) is 4.04. The third kappa shape index (κ3) is 4.91. The van der Waals surface area contributed by atoms with Crippen molar-refractivity contribution in [2.24, 2.45) is 5.73 Å². The van der Waals surface area contributed by atoms with Crippen LogP contribution in [0.15, 0.2) is 54.6 Å². The molecule has 0 bridgehead atoms. The SMILES string of the molecule is NC(=O)c1cc(C(O)CO)nc(-c2ccc(Oc3ccc(C(F)(F)F)cc3)cc2)n1. The second-order valence-corrected chi connectivity index (χ2v) is 6.21. The fourth-order valence-electron chi connectivity index (χ4n) is 2.51. The van der Waals surface area contributed by atoms with Crippen LogP contribution in [0.2, 0.25) is 0 Å². The van der Waals surface area contributed by atoms with Crippen LogP contribution in [-0.4, -0.2) is 32.7 Å². The van der Waals surface area contributed by atoms with E-state index in [2.05, 4.69) is 9.97 Å². The van der Waals surface area contributed by atoms with Crippen LogP contribution >= 0.6 is 0 Å². The Morgan fingerprint density at radius 2 is 1.60 bits per heavy atom. The van der Waals surface area contributed by atoms with Crippen molar-refractivity contribution in [3.8, 4) is 22.9 Å². The second kappa shape index (κ2) is 8.47. The van der Waals surface area contributed by atoms with Crippen LogP contribution in [-0.2, 0) is 6.18 Å². The summed E-state index contributed by atoms with van der Waals surface area (Å²) in [6.07, 6.45) is -5.74. The molecule has 2 aromatic carbocycles. The molecule has 0 aliphatic carbocycles. The molecule has 1 aromatic heterocycles. The van der Waals surface area contributed by atoms with Crippen LogP contribution in [0.4, 0.5) is 13.2 Å². The minimum atomic E-state index is -4.43.